The summed E-state index contributed by atoms with van der Waals surface area (Å²) >= 11 is 0. The van der Waals surface area contributed by atoms with Crippen LogP contribution in [0, 0.1) is 0 Å². The molecule has 136 valence electrons. The number of fused-ring (bicyclic) bond motifs is 1. The van der Waals surface area contributed by atoms with E-state index in [9.17, 15) is 9.59 Å². The van der Waals surface area contributed by atoms with Crippen LogP contribution >= 0.6 is 0 Å². The number of hydrogen-bond acceptors (Lipinski definition) is 5. The Morgan fingerprint density at radius 2 is 1.81 bits per heavy atom. The molecule has 0 fully saturated rings. The van der Waals surface area contributed by atoms with Gasteiger partial charge in [0.05, 0.1) is 13.7 Å². The highest BCUT2D eigenvalue weighted by Gasteiger charge is 2.14. The van der Waals surface area contributed by atoms with Gasteiger partial charge in [-0.05, 0) is 36.2 Å². The number of aryl methyl sites for hydroxylation is 1. The molecule has 0 aromatic heterocycles. The zero-order valence-electron chi connectivity index (χ0n) is 14.4. The number of hydrogen-bond donors (Lipinski definition) is 2. The molecule has 0 bridgehead atoms. The molecule has 1 heterocycles. The third-order valence-corrected chi connectivity index (χ3v) is 3.90. The molecule has 1 aliphatic rings. The first-order valence-corrected chi connectivity index (χ1v) is 8.23. The van der Waals surface area contributed by atoms with Crippen LogP contribution in [0.3, 0.4) is 0 Å². The Bertz CT molecular complexity index is 789. The van der Waals surface area contributed by atoms with E-state index in [2.05, 4.69) is 10.6 Å². The van der Waals surface area contributed by atoms with Gasteiger partial charge in [0.25, 0.3) is 0 Å². The third-order valence-electron chi connectivity index (χ3n) is 3.90. The smallest absolute Gasteiger partial charge is 0.243 e. The predicted octanol–water partition coefficient (Wildman–Crippen LogP) is 2.11. The summed E-state index contributed by atoms with van der Waals surface area (Å²) in [6.07, 6.45) is 0.906. The number of nitrogens with one attached hydrogen (secondary N) is 2. The van der Waals surface area contributed by atoms with E-state index in [1.54, 1.807) is 25.3 Å². The molecule has 1 aliphatic heterocycles. The van der Waals surface area contributed by atoms with Crippen molar-refractivity contribution in [1.29, 1.82) is 0 Å². The topological polar surface area (TPSA) is 85.9 Å². The van der Waals surface area contributed by atoms with Gasteiger partial charge in [-0.25, -0.2) is 0 Å². The van der Waals surface area contributed by atoms with Gasteiger partial charge in [-0.15, -0.1) is 0 Å². The number of ether oxygens (including phenoxy) is 3. The summed E-state index contributed by atoms with van der Waals surface area (Å²) < 4.78 is 15.6. The summed E-state index contributed by atoms with van der Waals surface area (Å²) in [4.78, 5) is 23.8. The van der Waals surface area contributed by atoms with Gasteiger partial charge in [0, 0.05) is 18.2 Å². The van der Waals surface area contributed by atoms with Crippen molar-refractivity contribution < 1.29 is 23.8 Å². The zero-order valence-corrected chi connectivity index (χ0v) is 14.4. The average Bonchev–Trinajstić information content (AvgIpc) is 3.13. The van der Waals surface area contributed by atoms with Crippen molar-refractivity contribution in [3.8, 4) is 17.2 Å². The molecule has 7 nitrogen and oxygen atoms in total. The van der Waals surface area contributed by atoms with E-state index in [1.807, 2.05) is 24.3 Å². The Morgan fingerprint density at radius 3 is 2.58 bits per heavy atom. The van der Waals surface area contributed by atoms with Gasteiger partial charge in [-0.1, -0.05) is 12.1 Å². The molecule has 3 rings (SSSR count). The highest BCUT2D eigenvalue weighted by Crippen LogP contribution is 2.34. The number of rotatable bonds is 7. The second-order valence-electron chi connectivity index (χ2n) is 5.74. The van der Waals surface area contributed by atoms with E-state index in [1.165, 1.54) is 0 Å². The second-order valence-corrected chi connectivity index (χ2v) is 5.74. The number of benzene rings is 2. The largest absolute Gasteiger partial charge is 0.497 e. The highest BCUT2D eigenvalue weighted by molar-refractivity contribution is 5.94. The molecule has 0 saturated heterocycles. The molecule has 0 atom stereocenters. The summed E-state index contributed by atoms with van der Waals surface area (Å²) in [5.41, 5.74) is 1.62. The first-order chi connectivity index (χ1) is 12.6. The van der Waals surface area contributed by atoms with Crippen LogP contribution in [0.1, 0.15) is 12.0 Å². The van der Waals surface area contributed by atoms with Gasteiger partial charge in [-0.3, -0.25) is 9.59 Å². The maximum atomic E-state index is 12.0. The van der Waals surface area contributed by atoms with Crippen LogP contribution in [0.15, 0.2) is 42.5 Å². The Hall–Kier alpha value is -3.22. The van der Waals surface area contributed by atoms with Crippen LogP contribution in [0.4, 0.5) is 5.69 Å². The van der Waals surface area contributed by atoms with E-state index in [0.717, 1.165) is 11.3 Å². The molecular formula is C19H20N2O5. The first-order valence-electron chi connectivity index (χ1n) is 8.23. The van der Waals surface area contributed by atoms with Gasteiger partial charge >= 0.3 is 0 Å². The minimum absolute atomic E-state index is 0.0874. The molecule has 0 unspecified atom stereocenters. The lowest BCUT2D eigenvalue weighted by Crippen LogP contribution is -2.32. The van der Waals surface area contributed by atoms with E-state index < -0.39 is 0 Å². The van der Waals surface area contributed by atoms with Gasteiger partial charge in [0.1, 0.15) is 5.75 Å². The quantitative estimate of drug-likeness (QED) is 0.794. The molecule has 0 radical (unpaired) electrons. The van der Waals surface area contributed by atoms with Crippen LogP contribution < -0.4 is 24.8 Å². The lowest BCUT2D eigenvalue weighted by Gasteiger charge is -2.08. The van der Waals surface area contributed by atoms with Crippen molar-refractivity contribution in [2.24, 2.45) is 0 Å². The highest BCUT2D eigenvalue weighted by atomic mass is 16.7. The fraction of sp³-hybridized carbons (Fsp3) is 0.263. The van der Waals surface area contributed by atoms with Gasteiger partial charge in [-0.2, -0.15) is 0 Å². The summed E-state index contributed by atoms with van der Waals surface area (Å²) in [7, 11) is 1.61. The Balaban J connectivity index is 1.40. The van der Waals surface area contributed by atoms with Crippen molar-refractivity contribution in [3.05, 3.63) is 48.0 Å². The number of carbonyl (C=O) groups excluding carboxylic acids is 2. The first kappa shape index (κ1) is 17.6. The van der Waals surface area contributed by atoms with Crippen LogP contribution in [-0.4, -0.2) is 32.3 Å². The Labute approximate surface area is 151 Å². The van der Waals surface area contributed by atoms with Gasteiger partial charge < -0.3 is 24.8 Å². The third kappa shape index (κ3) is 4.66. The summed E-state index contributed by atoms with van der Waals surface area (Å²) in [6, 6.07) is 12.7. The number of anilines is 1. The van der Waals surface area contributed by atoms with Crippen molar-refractivity contribution >= 4 is 17.5 Å². The molecule has 2 N–H and O–H groups in total. The maximum absolute atomic E-state index is 12.0. The average molecular weight is 356 g/mol. The summed E-state index contributed by atoms with van der Waals surface area (Å²) in [5.74, 6) is 1.53. The van der Waals surface area contributed by atoms with E-state index in [-0.39, 0.29) is 25.2 Å². The fourth-order valence-corrected chi connectivity index (χ4v) is 2.50. The molecule has 0 saturated carbocycles. The van der Waals surface area contributed by atoms with Crippen LogP contribution in [0.25, 0.3) is 0 Å². The predicted molar refractivity (Wildman–Crippen MR) is 95.5 cm³/mol. The van der Waals surface area contributed by atoms with Gasteiger partial charge in [0.2, 0.25) is 18.6 Å². The minimum atomic E-state index is -0.304. The van der Waals surface area contributed by atoms with E-state index in [0.29, 0.717) is 30.0 Å². The molecule has 7 heteroatoms. The molecule has 2 aromatic rings. The summed E-state index contributed by atoms with van der Waals surface area (Å²) in [6.45, 7) is 0.0902. The fourth-order valence-electron chi connectivity index (χ4n) is 2.50. The number of amides is 2. The van der Waals surface area contributed by atoms with Crippen molar-refractivity contribution in [2.75, 3.05) is 25.8 Å². The van der Waals surface area contributed by atoms with E-state index >= 15 is 0 Å². The van der Waals surface area contributed by atoms with Crippen LogP contribution in [0.2, 0.25) is 0 Å². The lowest BCUT2D eigenvalue weighted by molar-refractivity contribution is -0.124. The normalized spacial score (nSPS) is 11.7. The van der Waals surface area contributed by atoms with Crippen LogP contribution in [0.5, 0.6) is 17.2 Å². The molecule has 0 spiro atoms. The SMILES string of the molecule is COc1ccc(CCC(=O)NCC(=O)Nc2ccc3c(c2)OCO3)cc1. The van der Waals surface area contributed by atoms with Crippen LogP contribution in [-0.2, 0) is 16.0 Å². The molecule has 26 heavy (non-hydrogen) atoms. The zero-order chi connectivity index (χ0) is 18.4. The maximum Gasteiger partial charge on any atom is 0.243 e. The number of carbonyl (C=O) groups is 2. The van der Waals surface area contributed by atoms with Crippen molar-refractivity contribution in [1.82, 2.24) is 5.32 Å². The minimum Gasteiger partial charge on any atom is -0.497 e. The van der Waals surface area contributed by atoms with E-state index in [4.69, 9.17) is 14.2 Å². The van der Waals surface area contributed by atoms with Gasteiger partial charge in [0.15, 0.2) is 11.5 Å². The standard InChI is InChI=1S/C19H20N2O5/c1-24-15-6-2-13(3-7-15)4-9-18(22)20-11-19(23)21-14-5-8-16-17(10-14)26-12-25-16/h2-3,5-8,10H,4,9,11-12H2,1H3,(H,20,22)(H,21,23). The molecule has 2 aromatic carbocycles. The summed E-state index contributed by atoms with van der Waals surface area (Å²) in [5, 5.41) is 5.33. The molecular weight excluding hydrogens is 336 g/mol. The number of methoxy groups -OCH3 is 1. The Morgan fingerprint density at radius 1 is 1.04 bits per heavy atom. The van der Waals surface area contributed by atoms with Crippen molar-refractivity contribution in [2.45, 2.75) is 12.8 Å². The van der Waals surface area contributed by atoms with Crippen molar-refractivity contribution in [3.63, 3.8) is 0 Å². The molecule has 0 aliphatic carbocycles. The Kier molecular flexibility index (Phi) is 5.58. The lowest BCUT2D eigenvalue weighted by atomic mass is 10.1. The monoisotopic (exact) mass is 356 g/mol. The molecule has 2 amide bonds. The second kappa shape index (κ2) is 8.24.